The third-order valence-electron chi connectivity index (χ3n) is 11.7. The summed E-state index contributed by atoms with van der Waals surface area (Å²) in [5.41, 5.74) is 17.9. The van der Waals surface area contributed by atoms with Crippen molar-refractivity contribution in [1.29, 1.82) is 0 Å². The largest absolute Gasteiger partial charge is 0.256 e. The van der Waals surface area contributed by atoms with Crippen LogP contribution in [0.3, 0.4) is 0 Å². The summed E-state index contributed by atoms with van der Waals surface area (Å²) in [6.07, 6.45) is 3.78. The second-order valence-electron chi connectivity index (χ2n) is 15.1. The molecular formula is C46H36N2. The number of aromatic nitrogens is 2. The van der Waals surface area contributed by atoms with Crippen molar-refractivity contribution in [3.05, 3.63) is 143 Å². The maximum atomic E-state index is 4.70. The molecule has 48 heavy (non-hydrogen) atoms. The molecule has 0 atom stereocenters. The van der Waals surface area contributed by atoms with E-state index in [-0.39, 0.29) is 10.8 Å². The van der Waals surface area contributed by atoms with Crippen LogP contribution in [0.1, 0.15) is 61.1 Å². The normalized spacial score (nSPS) is 15.2. The van der Waals surface area contributed by atoms with Gasteiger partial charge in [-0.25, -0.2) is 0 Å². The van der Waals surface area contributed by atoms with Crippen LogP contribution in [-0.4, -0.2) is 9.97 Å². The van der Waals surface area contributed by atoms with Crippen molar-refractivity contribution in [2.24, 2.45) is 0 Å². The molecule has 0 spiro atoms. The summed E-state index contributed by atoms with van der Waals surface area (Å²) in [5, 5.41) is 8.43. The molecule has 2 nitrogen and oxygen atoms in total. The number of benzene rings is 6. The average Bonchev–Trinajstić information content (AvgIpc) is 3.48. The fourth-order valence-corrected chi connectivity index (χ4v) is 9.56. The molecule has 0 aliphatic heterocycles. The van der Waals surface area contributed by atoms with Gasteiger partial charge < -0.3 is 0 Å². The van der Waals surface area contributed by atoms with Crippen LogP contribution < -0.4 is 0 Å². The van der Waals surface area contributed by atoms with Crippen LogP contribution in [0, 0.1) is 13.8 Å². The minimum atomic E-state index is -0.183. The molecule has 0 unspecified atom stereocenters. The number of aryl methyl sites for hydroxylation is 2. The minimum Gasteiger partial charge on any atom is -0.256 e. The Morgan fingerprint density at radius 2 is 0.896 bits per heavy atom. The van der Waals surface area contributed by atoms with Crippen molar-refractivity contribution < 1.29 is 0 Å². The van der Waals surface area contributed by atoms with Gasteiger partial charge in [0.25, 0.3) is 0 Å². The third-order valence-corrected chi connectivity index (χ3v) is 11.7. The summed E-state index contributed by atoms with van der Waals surface area (Å²) in [6, 6.07) is 36.0. The summed E-state index contributed by atoms with van der Waals surface area (Å²) in [7, 11) is 0. The van der Waals surface area contributed by atoms with Gasteiger partial charge in [0.2, 0.25) is 0 Å². The number of hydrogen-bond acceptors (Lipinski definition) is 2. The quantitative estimate of drug-likeness (QED) is 0.181. The molecule has 2 heteroatoms. The SMILES string of the molecule is Cc1ccc2c3c(c4c(C)ccc5c6c(c1c2c54)-c1ccc(-c2ccccn2)cc1C6(C)C)-c1ccc(-c2ccccn2)cc1C3(C)C. The zero-order valence-corrected chi connectivity index (χ0v) is 28.3. The summed E-state index contributed by atoms with van der Waals surface area (Å²) in [5.74, 6) is 0. The molecule has 0 amide bonds. The molecule has 0 fully saturated rings. The first kappa shape index (κ1) is 27.7. The molecule has 2 aliphatic carbocycles. The Morgan fingerprint density at radius 1 is 0.458 bits per heavy atom. The standard InChI is InChI=1S/C46H36N2/c1-25-13-17-31-39-37(25)41-29-19-15-27(35-11-7-9-21-47-35)23-33(29)45(3,4)43(41)32-18-14-26(2)38(40(32)39)42-30-20-16-28(36-12-8-10-22-48-36)24-34(30)46(5,6)44(31)42/h7-24H,1-6H3. The molecule has 6 aromatic carbocycles. The van der Waals surface area contributed by atoms with Gasteiger partial charge in [0.15, 0.2) is 0 Å². The van der Waals surface area contributed by atoms with Crippen LogP contribution in [0.4, 0.5) is 0 Å². The molecular weight excluding hydrogens is 581 g/mol. The van der Waals surface area contributed by atoms with Crippen molar-refractivity contribution in [3.8, 4) is 44.8 Å². The Morgan fingerprint density at radius 3 is 1.29 bits per heavy atom. The van der Waals surface area contributed by atoms with Crippen LogP contribution in [-0.2, 0) is 10.8 Å². The van der Waals surface area contributed by atoms with E-state index in [1.54, 1.807) is 0 Å². The maximum Gasteiger partial charge on any atom is 0.0702 e. The van der Waals surface area contributed by atoms with Crippen LogP contribution >= 0.6 is 0 Å². The van der Waals surface area contributed by atoms with Crippen molar-refractivity contribution in [2.75, 3.05) is 0 Å². The van der Waals surface area contributed by atoms with Crippen LogP contribution in [0.25, 0.3) is 77.1 Å². The first-order valence-electron chi connectivity index (χ1n) is 17.1. The predicted octanol–water partition coefficient (Wildman–Crippen LogP) is 11.9. The molecule has 0 bridgehead atoms. The fraction of sp³-hybridized carbons (Fsp3) is 0.174. The summed E-state index contributed by atoms with van der Waals surface area (Å²) in [6.45, 7) is 14.3. The van der Waals surface area contributed by atoms with Gasteiger partial charge in [-0.1, -0.05) is 88.4 Å². The molecule has 2 heterocycles. The smallest absolute Gasteiger partial charge is 0.0702 e. The van der Waals surface area contributed by atoms with Crippen molar-refractivity contribution in [1.82, 2.24) is 9.97 Å². The highest BCUT2D eigenvalue weighted by Crippen LogP contribution is 2.61. The number of rotatable bonds is 2. The van der Waals surface area contributed by atoms with Gasteiger partial charge in [-0.05, 0) is 138 Å². The van der Waals surface area contributed by atoms with E-state index in [4.69, 9.17) is 9.97 Å². The lowest BCUT2D eigenvalue weighted by Crippen LogP contribution is -2.17. The Hall–Kier alpha value is -5.34. The van der Waals surface area contributed by atoms with E-state index < -0.39 is 0 Å². The molecule has 0 saturated heterocycles. The Kier molecular flexibility index (Phi) is 5.30. The van der Waals surface area contributed by atoms with Crippen molar-refractivity contribution in [2.45, 2.75) is 52.4 Å². The first-order valence-corrected chi connectivity index (χ1v) is 17.1. The zero-order chi connectivity index (χ0) is 32.7. The molecule has 0 radical (unpaired) electrons. The number of hydrogen-bond donors (Lipinski definition) is 0. The Labute approximate surface area is 281 Å². The second kappa shape index (κ2) is 9.17. The number of nitrogens with zero attached hydrogens (tertiary/aromatic N) is 2. The van der Waals surface area contributed by atoms with Gasteiger partial charge in [0.1, 0.15) is 0 Å². The molecule has 230 valence electrons. The van der Waals surface area contributed by atoms with Gasteiger partial charge in [-0.15, -0.1) is 0 Å². The first-order chi connectivity index (χ1) is 23.2. The van der Waals surface area contributed by atoms with E-state index in [1.807, 2.05) is 24.5 Å². The fourth-order valence-electron chi connectivity index (χ4n) is 9.56. The van der Waals surface area contributed by atoms with Gasteiger partial charge in [0.05, 0.1) is 11.4 Å². The van der Waals surface area contributed by atoms with Crippen molar-refractivity contribution in [3.63, 3.8) is 0 Å². The summed E-state index contributed by atoms with van der Waals surface area (Å²) < 4.78 is 0. The monoisotopic (exact) mass is 616 g/mol. The highest BCUT2D eigenvalue weighted by atomic mass is 14.7. The molecule has 8 aromatic rings. The van der Waals surface area contributed by atoms with Crippen LogP contribution in [0.2, 0.25) is 0 Å². The third kappa shape index (κ3) is 3.33. The molecule has 0 N–H and O–H groups in total. The van der Waals surface area contributed by atoms with Gasteiger partial charge >= 0.3 is 0 Å². The predicted molar refractivity (Wildman–Crippen MR) is 201 cm³/mol. The van der Waals surface area contributed by atoms with Crippen LogP contribution in [0.15, 0.2) is 109 Å². The van der Waals surface area contributed by atoms with Gasteiger partial charge in [-0.3, -0.25) is 9.97 Å². The Bertz CT molecular complexity index is 2470. The number of fused-ring (bicyclic) bond motifs is 10. The summed E-state index contributed by atoms with van der Waals surface area (Å²) in [4.78, 5) is 9.41. The maximum absolute atomic E-state index is 4.70. The van der Waals surface area contributed by atoms with E-state index in [1.165, 1.54) is 99.1 Å². The minimum absolute atomic E-state index is 0.183. The molecule has 2 aliphatic rings. The molecule has 0 saturated carbocycles. The van der Waals surface area contributed by atoms with E-state index in [2.05, 4.69) is 126 Å². The van der Waals surface area contributed by atoms with E-state index >= 15 is 0 Å². The van der Waals surface area contributed by atoms with Crippen LogP contribution in [0.5, 0.6) is 0 Å². The zero-order valence-electron chi connectivity index (χ0n) is 28.3. The van der Waals surface area contributed by atoms with E-state index in [0.29, 0.717) is 0 Å². The molecule has 2 aromatic heterocycles. The second-order valence-corrected chi connectivity index (χ2v) is 15.1. The van der Waals surface area contributed by atoms with Gasteiger partial charge in [-0.2, -0.15) is 0 Å². The summed E-state index contributed by atoms with van der Waals surface area (Å²) >= 11 is 0. The van der Waals surface area contributed by atoms with Gasteiger partial charge in [0, 0.05) is 34.4 Å². The van der Waals surface area contributed by atoms with E-state index in [0.717, 1.165) is 11.4 Å². The lowest BCUT2D eigenvalue weighted by molar-refractivity contribution is 0.666. The lowest BCUT2D eigenvalue weighted by atomic mass is 9.74. The molecule has 10 rings (SSSR count). The number of pyridine rings is 2. The van der Waals surface area contributed by atoms with Crippen molar-refractivity contribution >= 4 is 32.3 Å². The Balaban J connectivity index is 1.35. The lowest BCUT2D eigenvalue weighted by Gasteiger charge is -2.29. The highest BCUT2D eigenvalue weighted by molar-refractivity contribution is 6.34. The highest BCUT2D eigenvalue weighted by Gasteiger charge is 2.43. The topological polar surface area (TPSA) is 25.8 Å². The van der Waals surface area contributed by atoms with E-state index in [9.17, 15) is 0 Å². The average molecular weight is 617 g/mol.